The third-order valence-electron chi connectivity index (χ3n) is 5.69. The first-order valence-corrected chi connectivity index (χ1v) is 10.5. The van der Waals surface area contributed by atoms with Crippen molar-refractivity contribution in [3.63, 3.8) is 0 Å². The molecule has 0 N–H and O–H groups in total. The summed E-state index contributed by atoms with van der Waals surface area (Å²) in [6.45, 7) is 9.04. The third kappa shape index (κ3) is 3.70. The predicted octanol–water partition coefficient (Wildman–Crippen LogP) is 4.85. The van der Waals surface area contributed by atoms with E-state index < -0.39 is 5.97 Å². The number of para-hydroxylation sites is 1. The number of esters is 1. The van der Waals surface area contributed by atoms with E-state index in [4.69, 9.17) is 9.26 Å². The second-order valence-electron chi connectivity index (χ2n) is 7.84. The fourth-order valence-electron chi connectivity index (χ4n) is 4.10. The Hall–Kier alpha value is -3.74. The number of nitrogens with zero attached hydrogens (tertiary/aromatic N) is 3. The minimum Gasteiger partial charge on any atom is -0.454 e. The number of carbonyl (C=O) groups excluding carboxylic acids is 2. The quantitative estimate of drug-likeness (QED) is 0.320. The van der Waals surface area contributed by atoms with Crippen LogP contribution in [-0.4, -0.2) is 33.1 Å². The van der Waals surface area contributed by atoms with Crippen LogP contribution in [-0.2, 0) is 11.2 Å². The van der Waals surface area contributed by atoms with Crippen LogP contribution in [0.15, 0.2) is 40.9 Å². The van der Waals surface area contributed by atoms with Gasteiger partial charge in [-0.05, 0) is 51.8 Å². The molecule has 4 rings (SSSR count). The van der Waals surface area contributed by atoms with Crippen molar-refractivity contribution < 1.29 is 18.8 Å². The highest BCUT2D eigenvalue weighted by Crippen LogP contribution is 2.25. The van der Waals surface area contributed by atoms with Crippen molar-refractivity contribution in [1.82, 2.24) is 14.7 Å². The predicted molar refractivity (Wildman–Crippen MR) is 121 cm³/mol. The Morgan fingerprint density at radius 1 is 1.09 bits per heavy atom. The van der Waals surface area contributed by atoms with E-state index in [2.05, 4.69) is 10.1 Å². The molecule has 0 amide bonds. The summed E-state index contributed by atoms with van der Waals surface area (Å²) in [6, 6.07) is 11.0. The highest BCUT2D eigenvalue weighted by molar-refractivity contribution is 6.06. The SMILES string of the molecule is CCc1nc2ccccc2c(C(=O)OCC(=O)c2cc(C)n(-c3cc(C)on3)c2C)c1C. The lowest BCUT2D eigenvalue weighted by Gasteiger charge is -2.13. The van der Waals surface area contributed by atoms with Gasteiger partial charge in [-0.25, -0.2) is 4.79 Å². The zero-order valence-corrected chi connectivity index (χ0v) is 18.9. The van der Waals surface area contributed by atoms with Gasteiger partial charge in [0.1, 0.15) is 5.76 Å². The molecule has 0 saturated heterocycles. The van der Waals surface area contributed by atoms with E-state index in [9.17, 15) is 9.59 Å². The van der Waals surface area contributed by atoms with Gasteiger partial charge in [0, 0.05) is 34.1 Å². The van der Waals surface area contributed by atoms with Crippen LogP contribution in [0.4, 0.5) is 0 Å². The molecule has 0 bridgehead atoms. The van der Waals surface area contributed by atoms with E-state index in [-0.39, 0.29) is 12.4 Å². The average Bonchev–Trinajstić information content (AvgIpc) is 3.33. The van der Waals surface area contributed by atoms with Crippen LogP contribution < -0.4 is 0 Å². The van der Waals surface area contributed by atoms with Gasteiger partial charge in [0.25, 0.3) is 0 Å². The van der Waals surface area contributed by atoms with Gasteiger partial charge in [-0.2, -0.15) is 0 Å². The number of ketones is 1. The molecule has 4 aromatic rings. The number of aromatic nitrogens is 3. The molecule has 0 radical (unpaired) electrons. The summed E-state index contributed by atoms with van der Waals surface area (Å²) >= 11 is 0. The smallest absolute Gasteiger partial charge is 0.339 e. The van der Waals surface area contributed by atoms with Gasteiger partial charge < -0.3 is 9.26 Å². The molecule has 0 spiro atoms. The Balaban J connectivity index is 1.60. The molecule has 0 aliphatic carbocycles. The Morgan fingerprint density at radius 3 is 2.53 bits per heavy atom. The van der Waals surface area contributed by atoms with Crippen LogP contribution in [0.2, 0.25) is 0 Å². The van der Waals surface area contributed by atoms with Crippen molar-refractivity contribution in [3.05, 3.63) is 75.9 Å². The number of aryl methyl sites for hydroxylation is 3. The number of hydrogen-bond acceptors (Lipinski definition) is 6. The molecule has 0 unspecified atom stereocenters. The summed E-state index contributed by atoms with van der Waals surface area (Å²) in [4.78, 5) is 30.6. The number of hydrogen-bond donors (Lipinski definition) is 0. The van der Waals surface area contributed by atoms with Crippen molar-refractivity contribution >= 4 is 22.7 Å². The molecule has 0 aliphatic heterocycles. The molecular weight excluding hydrogens is 406 g/mol. The monoisotopic (exact) mass is 431 g/mol. The maximum atomic E-state index is 13.0. The van der Waals surface area contributed by atoms with Gasteiger partial charge in [-0.15, -0.1) is 0 Å². The molecule has 164 valence electrons. The van der Waals surface area contributed by atoms with Gasteiger partial charge in [-0.3, -0.25) is 14.3 Å². The Morgan fingerprint density at radius 2 is 1.84 bits per heavy atom. The van der Waals surface area contributed by atoms with Crippen molar-refractivity contribution in [2.24, 2.45) is 0 Å². The van der Waals surface area contributed by atoms with Crippen LogP contribution in [0.5, 0.6) is 0 Å². The fraction of sp³-hybridized carbons (Fsp3) is 0.280. The molecule has 1 aromatic carbocycles. The molecule has 7 nitrogen and oxygen atoms in total. The number of benzene rings is 1. The summed E-state index contributed by atoms with van der Waals surface area (Å²) < 4.78 is 12.5. The molecule has 3 aromatic heterocycles. The van der Waals surface area contributed by atoms with Crippen LogP contribution in [0.3, 0.4) is 0 Å². The van der Waals surface area contributed by atoms with Gasteiger partial charge in [0.05, 0.1) is 11.1 Å². The average molecular weight is 431 g/mol. The van der Waals surface area contributed by atoms with E-state index in [0.29, 0.717) is 29.1 Å². The number of carbonyl (C=O) groups is 2. The van der Waals surface area contributed by atoms with Gasteiger partial charge in [-0.1, -0.05) is 30.3 Å². The minimum atomic E-state index is -0.523. The second kappa shape index (κ2) is 8.42. The summed E-state index contributed by atoms with van der Waals surface area (Å²) in [5.74, 6) is 0.495. The topological polar surface area (TPSA) is 87.2 Å². The first kappa shape index (κ1) is 21.5. The number of fused-ring (bicyclic) bond motifs is 1. The molecule has 0 atom stereocenters. The van der Waals surface area contributed by atoms with E-state index in [1.165, 1.54) is 0 Å². The standard InChI is InChI=1S/C25H25N3O4/c1-6-20-16(4)24(18-9-7-8-10-21(18)26-20)25(30)31-13-22(29)19-11-14(2)28(17(19)5)23-12-15(3)32-27-23/h7-12H,6,13H2,1-5H3. The lowest BCUT2D eigenvalue weighted by molar-refractivity contribution is 0.0475. The van der Waals surface area contributed by atoms with Crippen LogP contribution in [0.1, 0.15) is 56.0 Å². The van der Waals surface area contributed by atoms with Crippen LogP contribution >= 0.6 is 0 Å². The second-order valence-corrected chi connectivity index (χ2v) is 7.84. The normalized spacial score (nSPS) is 11.2. The highest BCUT2D eigenvalue weighted by atomic mass is 16.5. The number of pyridine rings is 1. The fourth-order valence-corrected chi connectivity index (χ4v) is 4.10. The summed E-state index contributed by atoms with van der Waals surface area (Å²) in [5, 5.41) is 4.76. The van der Waals surface area contributed by atoms with E-state index in [1.807, 2.05) is 63.5 Å². The molecular formula is C25H25N3O4. The molecule has 0 aliphatic rings. The molecule has 0 saturated carbocycles. The number of rotatable bonds is 6. The van der Waals surface area contributed by atoms with Gasteiger partial charge in [0.15, 0.2) is 12.4 Å². The van der Waals surface area contributed by atoms with Crippen LogP contribution in [0.25, 0.3) is 16.7 Å². The minimum absolute atomic E-state index is 0.273. The van der Waals surface area contributed by atoms with Crippen molar-refractivity contribution in [1.29, 1.82) is 0 Å². The van der Waals surface area contributed by atoms with Crippen molar-refractivity contribution in [2.75, 3.05) is 6.61 Å². The Bertz CT molecular complexity index is 1350. The largest absolute Gasteiger partial charge is 0.454 e. The Labute approximate surface area is 186 Å². The summed E-state index contributed by atoms with van der Waals surface area (Å²) in [6.07, 6.45) is 0.698. The highest BCUT2D eigenvalue weighted by Gasteiger charge is 2.22. The van der Waals surface area contributed by atoms with Crippen LogP contribution in [0, 0.1) is 27.7 Å². The third-order valence-corrected chi connectivity index (χ3v) is 5.69. The van der Waals surface area contributed by atoms with Crippen molar-refractivity contribution in [2.45, 2.75) is 41.0 Å². The van der Waals surface area contributed by atoms with E-state index >= 15 is 0 Å². The summed E-state index contributed by atoms with van der Waals surface area (Å²) in [7, 11) is 0. The van der Waals surface area contributed by atoms with Gasteiger partial charge >= 0.3 is 5.97 Å². The molecule has 32 heavy (non-hydrogen) atoms. The maximum absolute atomic E-state index is 13.0. The lowest BCUT2D eigenvalue weighted by Crippen LogP contribution is -2.17. The zero-order valence-electron chi connectivity index (χ0n) is 18.9. The zero-order chi connectivity index (χ0) is 23.0. The van der Waals surface area contributed by atoms with E-state index in [1.54, 1.807) is 12.1 Å². The maximum Gasteiger partial charge on any atom is 0.339 e. The Kier molecular flexibility index (Phi) is 5.65. The molecule has 3 heterocycles. The van der Waals surface area contributed by atoms with Gasteiger partial charge in [0.2, 0.25) is 5.78 Å². The number of ether oxygens (including phenoxy) is 1. The first-order valence-electron chi connectivity index (χ1n) is 10.5. The number of Topliss-reactive ketones (excluding diaryl/α,β-unsaturated/α-hetero) is 1. The van der Waals surface area contributed by atoms with Crippen molar-refractivity contribution in [3.8, 4) is 5.82 Å². The van der Waals surface area contributed by atoms with E-state index in [0.717, 1.165) is 33.5 Å². The first-order chi connectivity index (χ1) is 15.3. The lowest BCUT2D eigenvalue weighted by atomic mass is 10.0. The molecule has 0 fully saturated rings. The summed E-state index contributed by atoms with van der Waals surface area (Å²) in [5.41, 5.74) is 4.87. The molecule has 7 heteroatoms.